The molecule has 0 N–H and O–H groups in total. The van der Waals surface area contributed by atoms with Gasteiger partial charge in [0.05, 0.1) is 0 Å². The molecule has 18 heavy (non-hydrogen) atoms. The number of hydrogen-bond acceptors (Lipinski definition) is 6. The van der Waals surface area contributed by atoms with Crippen molar-refractivity contribution in [1.29, 1.82) is 0 Å². The van der Waals surface area contributed by atoms with Crippen molar-refractivity contribution in [3.8, 4) is 0 Å². The molecule has 0 bridgehead atoms. The van der Waals surface area contributed by atoms with Crippen molar-refractivity contribution >= 4 is 10.8 Å². The van der Waals surface area contributed by atoms with Crippen LogP contribution in [0, 0.1) is 0 Å². The van der Waals surface area contributed by atoms with Crippen LogP contribution in [0.3, 0.4) is 0 Å². The molecule has 0 fully saturated rings. The predicted octanol–water partition coefficient (Wildman–Crippen LogP) is -0.640. The summed E-state index contributed by atoms with van der Waals surface area (Å²) < 4.78 is 0. The maximum Gasteiger partial charge on any atom is 0.218 e. The van der Waals surface area contributed by atoms with Crippen molar-refractivity contribution in [2.75, 3.05) is 14.2 Å². The third-order valence-electron chi connectivity index (χ3n) is 2.44. The molecule has 0 aliphatic heterocycles. The quantitative estimate of drug-likeness (QED) is 0.660. The van der Waals surface area contributed by atoms with Crippen LogP contribution < -0.4 is 21.6 Å². The van der Waals surface area contributed by atoms with E-state index in [1.165, 1.54) is 14.2 Å². The van der Waals surface area contributed by atoms with E-state index in [4.69, 9.17) is 0 Å². The zero-order valence-corrected chi connectivity index (χ0v) is 9.84. The fourth-order valence-electron chi connectivity index (χ4n) is 1.70. The van der Waals surface area contributed by atoms with Crippen LogP contribution in [0.5, 0.6) is 0 Å². The van der Waals surface area contributed by atoms with E-state index in [1.807, 2.05) is 0 Å². The molecular weight excluding hydrogens is 236 g/mol. The summed E-state index contributed by atoms with van der Waals surface area (Å²) in [6.07, 6.45) is 0. The maximum absolute atomic E-state index is 12.1. The first-order chi connectivity index (χ1) is 8.70. The molecule has 0 unspecified atom stereocenters. The van der Waals surface area contributed by atoms with E-state index in [2.05, 4.69) is 20.0 Å². The van der Waals surface area contributed by atoms with E-state index in [0.29, 0.717) is 0 Å². The van der Waals surface area contributed by atoms with Gasteiger partial charge in [-0.05, 0) is 0 Å². The third-order valence-corrected chi connectivity index (χ3v) is 2.44. The molecule has 2 rings (SSSR count). The van der Waals surface area contributed by atoms with Gasteiger partial charge in [0.25, 0.3) is 0 Å². The molecule has 0 atom stereocenters. The lowest BCUT2D eigenvalue weighted by Crippen LogP contribution is -2.48. The lowest BCUT2D eigenvalue weighted by atomic mass is 10.1. The molecule has 0 aromatic heterocycles. The van der Waals surface area contributed by atoms with Gasteiger partial charge >= 0.3 is 0 Å². The summed E-state index contributed by atoms with van der Waals surface area (Å²) in [5, 5.41) is 7.37. The molecule has 0 heterocycles. The third kappa shape index (κ3) is 1.77. The topological polar surface area (TPSA) is 77.3 Å². The molecule has 2 aromatic carbocycles. The lowest BCUT2D eigenvalue weighted by Gasteiger charge is -1.95. The Hall–Kier alpha value is -2.50. The van der Waals surface area contributed by atoms with Crippen LogP contribution in [-0.4, -0.2) is 14.2 Å². The van der Waals surface area contributed by atoms with Crippen LogP contribution in [-0.2, 0) is 9.68 Å². The Morgan fingerprint density at radius 3 is 1.56 bits per heavy atom. The summed E-state index contributed by atoms with van der Waals surface area (Å²) >= 11 is 0. The van der Waals surface area contributed by atoms with Gasteiger partial charge in [-0.3, -0.25) is 9.59 Å². The largest absolute Gasteiger partial charge is 0.398 e. The first-order valence-corrected chi connectivity index (χ1v) is 5.11. The first kappa shape index (κ1) is 12.0. The summed E-state index contributed by atoms with van der Waals surface area (Å²) in [4.78, 5) is 33.4. The molecule has 0 amide bonds. The van der Waals surface area contributed by atoms with E-state index in [-0.39, 0.29) is 21.5 Å². The average Bonchev–Trinajstić information content (AvgIpc) is 2.40. The minimum atomic E-state index is -0.414. The van der Waals surface area contributed by atoms with Crippen LogP contribution >= 0.6 is 0 Å². The summed E-state index contributed by atoms with van der Waals surface area (Å²) in [7, 11) is 2.57. The van der Waals surface area contributed by atoms with E-state index in [0.717, 1.165) is 0 Å². The van der Waals surface area contributed by atoms with E-state index < -0.39 is 10.9 Å². The van der Waals surface area contributed by atoms with E-state index >= 15 is 0 Å². The molecule has 0 saturated carbocycles. The van der Waals surface area contributed by atoms with Gasteiger partial charge in [-0.2, -0.15) is 0 Å². The number of hydrogen-bond donors (Lipinski definition) is 0. The summed E-state index contributed by atoms with van der Waals surface area (Å²) in [5.41, 5.74) is -0.828. The van der Waals surface area contributed by atoms with Crippen LogP contribution in [0.4, 0.5) is 0 Å². The summed E-state index contributed by atoms with van der Waals surface area (Å²) in [6.45, 7) is 0. The van der Waals surface area contributed by atoms with Gasteiger partial charge in [0.2, 0.25) is 10.9 Å². The molecule has 0 aliphatic rings. The number of fused-ring (bicyclic) bond motifs is 1. The molecule has 0 radical (unpaired) electrons. The highest BCUT2D eigenvalue weighted by molar-refractivity contribution is 5.81. The lowest BCUT2D eigenvalue weighted by molar-refractivity contribution is 0.189. The van der Waals surface area contributed by atoms with Crippen molar-refractivity contribution in [1.82, 2.24) is 0 Å². The minimum absolute atomic E-state index is 0.150. The molecule has 2 aromatic rings. The highest BCUT2D eigenvalue weighted by atomic mass is 16.6. The van der Waals surface area contributed by atoms with E-state index in [9.17, 15) is 9.59 Å². The van der Waals surface area contributed by atoms with Gasteiger partial charge < -0.3 is 9.68 Å². The Balaban J connectivity index is 3.18. The van der Waals surface area contributed by atoms with Crippen molar-refractivity contribution in [3.63, 3.8) is 0 Å². The first-order valence-electron chi connectivity index (χ1n) is 5.11. The normalized spacial score (nSPS) is 13.0. The average molecular weight is 246 g/mol. The Morgan fingerprint density at radius 1 is 0.833 bits per heavy atom. The smallest absolute Gasteiger partial charge is 0.218 e. The molecule has 92 valence electrons. The Labute approximate surface area is 101 Å². The number of nitrogens with zero attached hydrogens (tertiary/aromatic N) is 2. The second-order valence-corrected chi connectivity index (χ2v) is 3.45. The molecule has 6 heteroatoms. The Kier molecular flexibility index (Phi) is 3.18. The fourth-order valence-corrected chi connectivity index (χ4v) is 1.70. The van der Waals surface area contributed by atoms with Gasteiger partial charge in [-0.15, -0.1) is 0 Å². The SMILES string of the molecule is CON=c1c(=NOC)c(=O)c2ccccc2c1=O. The van der Waals surface area contributed by atoms with Crippen molar-refractivity contribution in [2.24, 2.45) is 10.3 Å². The van der Waals surface area contributed by atoms with Gasteiger partial charge in [-0.25, -0.2) is 0 Å². The van der Waals surface area contributed by atoms with Crippen LogP contribution in [0.1, 0.15) is 0 Å². The Morgan fingerprint density at radius 2 is 1.22 bits per heavy atom. The molecule has 0 aliphatic carbocycles. The second-order valence-electron chi connectivity index (χ2n) is 3.45. The van der Waals surface area contributed by atoms with Crippen molar-refractivity contribution in [3.05, 3.63) is 55.4 Å². The van der Waals surface area contributed by atoms with Gasteiger partial charge in [0.1, 0.15) is 14.2 Å². The summed E-state index contributed by atoms with van der Waals surface area (Å²) in [6, 6.07) is 6.47. The van der Waals surface area contributed by atoms with Gasteiger partial charge in [0, 0.05) is 10.8 Å². The zero-order chi connectivity index (χ0) is 13.1. The minimum Gasteiger partial charge on any atom is -0.398 e. The molecule has 0 saturated heterocycles. The standard InChI is InChI=1S/C12H10N2O4/c1-17-13-9-10(14-18-2)12(16)8-6-4-3-5-7(8)11(9)15/h3-6H,1-2H3. The highest BCUT2D eigenvalue weighted by Gasteiger charge is 2.09. The van der Waals surface area contributed by atoms with E-state index in [1.54, 1.807) is 24.3 Å². The monoisotopic (exact) mass is 246 g/mol. The van der Waals surface area contributed by atoms with Crippen LogP contribution in [0.2, 0.25) is 0 Å². The zero-order valence-electron chi connectivity index (χ0n) is 9.84. The van der Waals surface area contributed by atoms with Gasteiger partial charge in [0.15, 0.2) is 10.7 Å². The second kappa shape index (κ2) is 4.79. The number of rotatable bonds is 2. The van der Waals surface area contributed by atoms with Crippen LogP contribution in [0.25, 0.3) is 10.8 Å². The summed E-state index contributed by atoms with van der Waals surface area (Å²) in [5.74, 6) is 0. The maximum atomic E-state index is 12.1. The van der Waals surface area contributed by atoms with Gasteiger partial charge in [-0.1, -0.05) is 34.6 Å². The predicted molar refractivity (Wildman–Crippen MR) is 64.0 cm³/mol. The van der Waals surface area contributed by atoms with Crippen LogP contribution in [0.15, 0.2) is 44.2 Å². The molecular formula is C12H10N2O4. The fraction of sp³-hybridized carbons (Fsp3) is 0.167. The molecule has 0 spiro atoms. The highest BCUT2D eigenvalue weighted by Crippen LogP contribution is 2.00. The van der Waals surface area contributed by atoms with Crippen molar-refractivity contribution < 1.29 is 9.68 Å². The number of benzene rings is 2. The Bertz CT molecular complexity index is 733. The van der Waals surface area contributed by atoms with Crippen molar-refractivity contribution in [2.45, 2.75) is 0 Å². The molecule has 6 nitrogen and oxygen atoms in total.